The summed E-state index contributed by atoms with van der Waals surface area (Å²) in [5.41, 5.74) is -1.51. The molecule has 6 heteroatoms. The van der Waals surface area contributed by atoms with Crippen molar-refractivity contribution in [2.75, 3.05) is 0 Å². The van der Waals surface area contributed by atoms with Crippen LogP contribution in [0.4, 0.5) is 4.79 Å². The lowest BCUT2D eigenvalue weighted by Crippen LogP contribution is -2.53. The van der Waals surface area contributed by atoms with Crippen LogP contribution in [0, 0.1) is 0 Å². The normalized spacial score (nSPS) is 21.8. The molecule has 15 heavy (non-hydrogen) atoms. The quantitative estimate of drug-likeness (QED) is 0.656. The standard InChI is InChI=1S/C9H14N2O4/c1-4-5-6(12)11(8(15)10-5)9(2,3)7(13)14/h5H,4H2,1-3H3,(H,10,15)(H,13,14). The maximum absolute atomic E-state index is 11.7. The van der Waals surface area contributed by atoms with Crippen molar-refractivity contribution in [1.82, 2.24) is 10.2 Å². The Morgan fingerprint density at radius 3 is 2.40 bits per heavy atom. The van der Waals surface area contributed by atoms with Gasteiger partial charge in [0.2, 0.25) is 0 Å². The second-order valence-corrected chi connectivity index (χ2v) is 3.95. The predicted octanol–water partition coefficient (Wildman–Crippen LogP) is 0.180. The molecule has 2 N–H and O–H groups in total. The second-order valence-electron chi connectivity index (χ2n) is 3.95. The molecule has 1 aliphatic heterocycles. The molecule has 1 atom stereocenters. The van der Waals surface area contributed by atoms with E-state index in [1.165, 1.54) is 13.8 Å². The number of nitrogens with one attached hydrogen (secondary N) is 1. The van der Waals surface area contributed by atoms with Gasteiger partial charge in [-0.25, -0.2) is 14.5 Å². The van der Waals surface area contributed by atoms with Crippen molar-refractivity contribution in [3.63, 3.8) is 0 Å². The minimum absolute atomic E-state index is 0.455. The van der Waals surface area contributed by atoms with Crippen molar-refractivity contribution in [3.05, 3.63) is 0 Å². The Labute approximate surface area is 87.2 Å². The zero-order valence-electron chi connectivity index (χ0n) is 8.90. The number of carbonyl (C=O) groups excluding carboxylic acids is 2. The smallest absolute Gasteiger partial charge is 0.329 e. The first-order valence-electron chi connectivity index (χ1n) is 4.70. The third-order valence-corrected chi connectivity index (χ3v) is 2.51. The van der Waals surface area contributed by atoms with E-state index in [0.717, 1.165) is 4.90 Å². The molecule has 1 saturated heterocycles. The molecule has 0 saturated carbocycles. The van der Waals surface area contributed by atoms with Crippen LogP contribution in [-0.2, 0) is 9.59 Å². The molecule has 6 nitrogen and oxygen atoms in total. The molecular weight excluding hydrogens is 200 g/mol. The van der Waals surface area contributed by atoms with Crippen LogP contribution >= 0.6 is 0 Å². The summed E-state index contributed by atoms with van der Waals surface area (Å²) in [6.45, 7) is 4.40. The summed E-state index contributed by atoms with van der Waals surface area (Å²) in [5, 5.41) is 11.4. The maximum Gasteiger partial charge on any atom is 0.329 e. The van der Waals surface area contributed by atoms with E-state index in [9.17, 15) is 14.4 Å². The van der Waals surface area contributed by atoms with E-state index in [2.05, 4.69) is 5.32 Å². The zero-order chi connectivity index (χ0) is 11.8. The Hall–Kier alpha value is -1.59. The first-order valence-corrected chi connectivity index (χ1v) is 4.70. The molecule has 1 aliphatic rings. The number of hydrogen-bond donors (Lipinski definition) is 2. The molecule has 0 aromatic heterocycles. The van der Waals surface area contributed by atoms with Crippen molar-refractivity contribution in [2.24, 2.45) is 0 Å². The lowest BCUT2D eigenvalue weighted by atomic mass is 10.0. The van der Waals surface area contributed by atoms with Gasteiger partial charge in [-0.05, 0) is 20.3 Å². The molecule has 1 rings (SSSR count). The first-order chi connectivity index (χ1) is 6.82. The minimum Gasteiger partial charge on any atom is -0.480 e. The number of hydrogen-bond acceptors (Lipinski definition) is 3. The van der Waals surface area contributed by atoms with Crippen LogP contribution in [0.5, 0.6) is 0 Å². The van der Waals surface area contributed by atoms with E-state index >= 15 is 0 Å². The number of aliphatic carboxylic acids is 1. The van der Waals surface area contributed by atoms with Gasteiger partial charge in [0, 0.05) is 0 Å². The van der Waals surface area contributed by atoms with Crippen molar-refractivity contribution in [1.29, 1.82) is 0 Å². The highest BCUT2D eigenvalue weighted by Crippen LogP contribution is 2.21. The summed E-state index contributed by atoms with van der Waals surface area (Å²) in [4.78, 5) is 34.8. The van der Waals surface area contributed by atoms with Crippen molar-refractivity contribution in [3.8, 4) is 0 Å². The number of carbonyl (C=O) groups is 3. The fourth-order valence-corrected chi connectivity index (χ4v) is 1.43. The zero-order valence-corrected chi connectivity index (χ0v) is 8.90. The van der Waals surface area contributed by atoms with E-state index in [1.807, 2.05) is 0 Å². The molecule has 1 heterocycles. The monoisotopic (exact) mass is 214 g/mol. The number of rotatable bonds is 3. The molecular formula is C9H14N2O4. The van der Waals surface area contributed by atoms with Crippen molar-refractivity contribution in [2.45, 2.75) is 38.8 Å². The van der Waals surface area contributed by atoms with Gasteiger partial charge in [-0.2, -0.15) is 0 Å². The van der Waals surface area contributed by atoms with Gasteiger partial charge in [-0.1, -0.05) is 6.92 Å². The van der Waals surface area contributed by atoms with E-state index < -0.39 is 29.5 Å². The lowest BCUT2D eigenvalue weighted by molar-refractivity contribution is -0.152. The Balaban J connectivity index is 3.02. The fourth-order valence-electron chi connectivity index (χ4n) is 1.43. The third kappa shape index (κ3) is 1.67. The highest BCUT2D eigenvalue weighted by molar-refractivity contribution is 6.07. The molecule has 0 aliphatic carbocycles. The predicted molar refractivity (Wildman–Crippen MR) is 51.2 cm³/mol. The molecule has 3 amide bonds. The van der Waals surface area contributed by atoms with Crippen molar-refractivity contribution >= 4 is 17.9 Å². The lowest BCUT2D eigenvalue weighted by Gasteiger charge is -2.28. The van der Waals surface area contributed by atoms with E-state index in [4.69, 9.17) is 5.11 Å². The van der Waals surface area contributed by atoms with Crippen LogP contribution in [0.25, 0.3) is 0 Å². The molecule has 0 aromatic rings. The first kappa shape index (κ1) is 11.5. The highest BCUT2D eigenvalue weighted by atomic mass is 16.4. The van der Waals surface area contributed by atoms with Gasteiger partial charge >= 0.3 is 12.0 Å². The maximum atomic E-state index is 11.7. The van der Waals surface area contributed by atoms with Gasteiger partial charge in [-0.3, -0.25) is 4.79 Å². The third-order valence-electron chi connectivity index (χ3n) is 2.51. The van der Waals surface area contributed by atoms with Gasteiger partial charge in [0.15, 0.2) is 0 Å². The average Bonchev–Trinajstić information content (AvgIpc) is 2.41. The molecule has 84 valence electrons. The Bertz CT molecular complexity index is 324. The summed E-state index contributed by atoms with van der Waals surface area (Å²) < 4.78 is 0. The number of amides is 3. The number of carboxylic acids is 1. The van der Waals surface area contributed by atoms with Crippen molar-refractivity contribution < 1.29 is 19.5 Å². The van der Waals surface area contributed by atoms with E-state index in [1.54, 1.807) is 6.92 Å². The van der Waals surface area contributed by atoms with Crippen LogP contribution in [0.3, 0.4) is 0 Å². The van der Waals surface area contributed by atoms with E-state index in [-0.39, 0.29) is 0 Å². The molecule has 0 aromatic carbocycles. The minimum atomic E-state index is -1.51. The Morgan fingerprint density at radius 1 is 1.53 bits per heavy atom. The second kappa shape index (κ2) is 3.52. The molecule has 1 fully saturated rings. The Kier molecular flexibility index (Phi) is 2.70. The van der Waals surface area contributed by atoms with Gasteiger partial charge in [0.1, 0.15) is 11.6 Å². The SMILES string of the molecule is CCC1NC(=O)N(C(C)(C)C(=O)O)C1=O. The highest BCUT2D eigenvalue weighted by Gasteiger charge is 2.48. The average molecular weight is 214 g/mol. The molecule has 1 unspecified atom stereocenters. The summed E-state index contributed by atoms with van der Waals surface area (Å²) in [7, 11) is 0. The number of imide groups is 1. The Morgan fingerprint density at radius 2 is 2.07 bits per heavy atom. The molecule has 0 radical (unpaired) electrons. The van der Waals surface area contributed by atoms with Crippen LogP contribution in [0.1, 0.15) is 27.2 Å². The summed E-state index contributed by atoms with van der Waals surface area (Å²) >= 11 is 0. The molecule has 0 bridgehead atoms. The van der Waals surface area contributed by atoms with Crippen LogP contribution in [0.2, 0.25) is 0 Å². The summed E-state index contributed by atoms with van der Waals surface area (Å²) in [5.74, 6) is -1.68. The van der Waals surface area contributed by atoms with Gasteiger partial charge in [0.25, 0.3) is 5.91 Å². The fraction of sp³-hybridized carbons (Fsp3) is 0.667. The van der Waals surface area contributed by atoms with Crippen LogP contribution < -0.4 is 5.32 Å². The van der Waals surface area contributed by atoms with Gasteiger partial charge in [-0.15, -0.1) is 0 Å². The largest absolute Gasteiger partial charge is 0.480 e. The topological polar surface area (TPSA) is 86.7 Å². The van der Waals surface area contributed by atoms with Gasteiger partial charge < -0.3 is 10.4 Å². The van der Waals surface area contributed by atoms with Gasteiger partial charge in [0.05, 0.1) is 0 Å². The summed E-state index contributed by atoms with van der Waals surface area (Å²) in [6, 6.07) is -1.24. The van der Waals surface area contributed by atoms with Crippen LogP contribution in [-0.4, -0.2) is 39.5 Å². The number of nitrogens with zero attached hydrogens (tertiary/aromatic N) is 1. The molecule has 0 spiro atoms. The number of carboxylic acid groups (broad SMARTS) is 1. The summed E-state index contributed by atoms with van der Waals surface area (Å²) in [6.07, 6.45) is 0.455. The number of urea groups is 1. The van der Waals surface area contributed by atoms with E-state index in [0.29, 0.717) is 6.42 Å². The van der Waals surface area contributed by atoms with Crippen LogP contribution in [0.15, 0.2) is 0 Å².